The minimum Gasteiger partial charge on any atom is -0.311 e. The van der Waals surface area contributed by atoms with Crippen molar-refractivity contribution in [3.63, 3.8) is 0 Å². The van der Waals surface area contributed by atoms with Crippen molar-refractivity contribution in [2.75, 3.05) is 19.6 Å². The third kappa shape index (κ3) is 3.21. The molecule has 2 aliphatic rings. The van der Waals surface area contributed by atoms with Gasteiger partial charge in [-0.2, -0.15) is 0 Å². The van der Waals surface area contributed by atoms with Crippen LogP contribution in [0.15, 0.2) is 0 Å². The molecule has 1 aliphatic carbocycles. The van der Waals surface area contributed by atoms with Crippen LogP contribution >= 0.6 is 0 Å². The number of nitrogens with zero attached hydrogens (tertiary/aromatic N) is 1. The summed E-state index contributed by atoms with van der Waals surface area (Å²) in [5.41, 5.74) is 0. The van der Waals surface area contributed by atoms with E-state index in [0.717, 1.165) is 18.0 Å². The van der Waals surface area contributed by atoms with Gasteiger partial charge < -0.3 is 10.2 Å². The van der Waals surface area contributed by atoms with Crippen LogP contribution in [0.4, 0.5) is 0 Å². The van der Waals surface area contributed by atoms with Crippen molar-refractivity contribution in [3.05, 3.63) is 0 Å². The molecule has 1 saturated heterocycles. The van der Waals surface area contributed by atoms with E-state index in [2.05, 4.69) is 24.1 Å². The highest BCUT2D eigenvalue weighted by Crippen LogP contribution is 2.28. The summed E-state index contributed by atoms with van der Waals surface area (Å²) in [6.07, 6.45) is 8.55. The molecular formula is C14H28N2. The lowest BCUT2D eigenvalue weighted by molar-refractivity contribution is 0.191. The van der Waals surface area contributed by atoms with Gasteiger partial charge in [0, 0.05) is 12.1 Å². The monoisotopic (exact) mass is 224 g/mol. The fourth-order valence-corrected chi connectivity index (χ4v) is 3.38. The number of nitrogens with one attached hydrogen (secondary N) is 1. The first kappa shape index (κ1) is 12.4. The topological polar surface area (TPSA) is 15.3 Å². The molecule has 1 atom stereocenters. The molecule has 0 unspecified atom stereocenters. The number of piperidine rings is 1. The van der Waals surface area contributed by atoms with Crippen LogP contribution in [-0.2, 0) is 0 Å². The van der Waals surface area contributed by atoms with Gasteiger partial charge in [-0.25, -0.2) is 0 Å². The number of hydrogen-bond donors (Lipinski definition) is 1. The van der Waals surface area contributed by atoms with Gasteiger partial charge in [0.05, 0.1) is 0 Å². The summed E-state index contributed by atoms with van der Waals surface area (Å²) in [6.45, 7) is 8.50. The van der Waals surface area contributed by atoms with E-state index in [1.807, 2.05) is 0 Å². The average molecular weight is 224 g/mol. The van der Waals surface area contributed by atoms with E-state index >= 15 is 0 Å². The van der Waals surface area contributed by atoms with Crippen LogP contribution in [0.2, 0.25) is 0 Å². The normalized spacial score (nSPS) is 27.4. The smallest absolute Gasteiger partial charge is 0.00940 e. The van der Waals surface area contributed by atoms with Crippen molar-refractivity contribution in [2.24, 2.45) is 5.92 Å². The number of rotatable bonds is 4. The fourth-order valence-electron chi connectivity index (χ4n) is 3.38. The van der Waals surface area contributed by atoms with Gasteiger partial charge in [-0.15, -0.1) is 0 Å². The van der Waals surface area contributed by atoms with E-state index in [4.69, 9.17) is 0 Å². The van der Waals surface area contributed by atoms with Crippen LogP contribution in [0.3, 0.4) is 0 Å². The molecule has 0 amide bonds. The third-order valence-corrected chi connectivity index (χ3v) is 4.64. The maximum atomic E-state index is 3.88. The molecule has 0 aromatic carbocycles. The summed E-state index contributed by atoms with van der Waals surface area (Å²) in [5, 5.41) is 3.88. The summed E-state index contributed by atoms with van der Waals surface area (Å²) >= 11 is 0. The lowest BCUT2D eigenvalue weighted by Crippen LogP contribution is -2.47. The summed E-state index contributed by atoms with van der Waals surface area (Å²) in [5.74, 6) is 0.962. The minimum absolute atomic E-state index is 0.751. The molecule has 1 aliphatic heterocycles. The zero-order chi connectivity index (χ0) is 11.4. The third-order valence-electron chi connectivity index (χ3n) is 4.64. The quantitative estimate of drug-likeness (QED) is 0.790. The van der Waals surface area contributed by atoms with E-state index in [1.165, 1.54) is 58.2 Å². The first-order chi connectivity index (χ1) is 7.79. The zero-order valence-corrected chi connectivity index (χ0v) is 11.0. The van der Waals surface area contributed by atoms with Crippen LogP contribution in [0, 0.1) is 5.92 Å². The molecule has 1 saturated carbocycles. The van der Waals surface area contributed by atoms with Gasteiger partial charge >= 0.3 is 0 Å². The van der Waals surface area contributed by atoms with Crippen LogP contribution in [0.5, 0.6) is 0 Å². The van der Waals surface area contributed by atoms with Gasteiger partial charge in [0.25, 0.3) is 0 Å². The summed E-state index contributed by atoms with van der Waals surface area (Å²) in [6, 6.07) is 1.54. The van der Waals surface area contributed by atoms with Gasteiger partial charge in [-0.3, -0.25) is 0 Å². The highest BCUT2D eigenvalue weighted by molar-refractivity contribution is 4.83. The lowest BCUT2D eigenvalue weighted by Gasteiger charge is -2.34. The molecule has 1 heterocycles. The van der Waals surface area contributed by atoms with E-state index < -0.39 is 0 Å². The lowest BCUT2D eigenvalue weighted by atomic mass is 9.96. The Bertz CT molecular complexity index is 191. The Morgan fingerprint density at radius 1 is 1.12 bits per heavy atom. The second-order valence-electron chi connectivity index (χ2n) is 5.71. The number of likely N-dealkylation sites (tertiary alicyclic amines) is 1. The fraction of sp³-hybridized carbons (Fsp3) is 1.00. The molecule has 1 N–H and O–H groups in total. The molecule has 0 spiro atoms. The first-order valence-electron chi connectivity index (χ1n) is 7.28. The largest absolute Gasteiger partial charge is 0.311 e. The van der Waals surface area contributed by atoms with Crippen LogP contribution in [-0.4, -0.2) is 36.6 Å². The van der Waals surface area contributed by atoms with Gasteiger partial charge in [0.2, 0.25) is 0 Å². The van der Waals surface area contributed by atoms with E-state index in [1.54, 1.807) is 0 Å². The standard InChI is InChI=1S/C14H28N2/c1-3-16-10-8-14(9-11-16)15-12(2)13-6-4-5-7-13/h12-15H,3-11H2,1-2H3/t12-/m0/s1. The van der Waals surface area contributed by atoms with Gasteiger partial charge in [-0.1, -0.05) is 19.8 Å². The van der Waals surface area contributed by atoms with Crippen molar-refractivity contribution >= 4 is 0 Å². The molecule has 2 fully saturated rings. The van der Waals surface area contributed by atoms with Crippen molar-refractivity contribution < 1.29 is 0 Å². The highest BCUT2D eigenvalue weighted by Gasteiger charge is 2.25. The van der Waals surface area contributed by atoms with E-state index in [0.29, 0.717) is 0 Å². The van der Waals surface area contributed by atoms with Gasteiger partial charge in [0.1, 0.15) is 0 Å². The Morgan fingerprint density at radius 3 is 2.31 bits per heavy atom. The molecule has 0 bridgehead atoms. The average Bonchev–Trinajstić information content (AvgIpc) is 2.83. The molecule has 0 aromatic heterocycles. The van der Waals surface area contributed by atoms with Crippen LogP contribution < -0.4 is 5.32 Å². The Balaban J connectivity index is 1.69. The zero-order valence-electron chi connectivity index (χ0n) is 11.0. The number of hydrogen-bond acceptors (Lipinski definition) is 2. The molecule has 94 valence electrons. The Kier molecular flexibility index (Phi) is 4.66. The SMILES string of the molecule is CCN1CCC(N[C@@H](C)C2CCCC2)CC1. The molecule has 2 rings (SSSR count). The van der Waals surface area contributed by atoms with Crippen molar-refractivity contribution in [1.82, 2.24) is 10.2 Å². The maximum absolute atomic E-state index is 3.88. The van der Waals surface area contributed by atoms with E-state index in [9.17, 15) is 0 Å². The second kappa shape index (κ2) is 6.02. The van der Waals surface area contributed by atoms with Crippen LogP contribution in [0.25, 0.3) is 0 Å². The Morgan fingerprint density at radius 2 is 1.75 bits per heavy atom. The van der Waals surface area contributed by atoms with Crippen LogP contribution in [0.1, 0.15) is 52.4 Å². The van der Waals surface area contributed by atoms with Gasteiger partial charge in [-0.05, 0) is 58.2 Å². The molecule has 16 heavy (non-hydrogen) atoms. The van der Waals surface area contributed by atoms with Crippen molar-refractivity contribution in [1.29, 1.82) is 0 Å². The minimum atomic E-state index is 0.751. The summed E-state index contributed by atoms with van der Waals surface area (Å²) in [4.78, 5) is 2.57. The van der Waals surface area contributed by atoms with Crippen molar-refractivity contribution in [2.45, 2.75) is 64.5 Å². The summed E-state index contributed by atoms with van der Waals surface area (Å²) in [7, 11) is 0. The highest BCUT2D eigenvalue weighted by atomic mass is 15.1. The maximum Gasteiger partial charge on any atom is 0.00940 e. The van der Waals surface area contributed by atoms with Crippen molar-refractivity contribution in [3.8, 4) is 0 Å². The predicted molar refractivity (Wildman–Crippen MR) is 69.7 cm³/mol. The Labute approximate surface area is 101 Å². The first-order valence-corrected chi connectivity index (χ1v) is 7.28. The second-order valence-corrected chi connectivity index (χ2v) is 5.71. The molecule has 2 nitrogen and oxygen atoms in total. The van der Waals surface area contributed by atoms with Gasteiger partial charge in [0.15, 0.2) is 0 Å². The molecular weight excluding hydrogens is 196 g/mol. The molecule has 0 aromatic rings. The Hall–Kier alpha value is -0.0800. The predicted octanol–water partition coefficient (Wildman–Crippen LogP) is 2.64. The van der Waals surface area contributed by atoms with E-state index in [-0.39, 0.29) is 0 Å². The molecule has 2 heteroatoms. The molecule has 0 radical (unpaired) electrons. The summed E-state index contributed by atoms with van der Waals surface area (Å²) < 4.78 is 0.